The molecule has 0 bridgehead atoms. The van der Waals surface area contributed by atoms with E-state index in [9.17, 15) is 8.42 Å². The van der Waals surface area contributed by atoms with Crippen LogP contribution in [0.15, 0.2) is 22.7 Å². The Morgan fingerprint density at radius 1 is 1.45 bits per heavy atom. The summed E-state index contributed by atoms with van der Waals surface area (Å²) < 4.78 is 29.8. The van der Waals surface area contributed by atoms with Crippen molar-refractivity contribution in [3.63, 3.8) is 0 Å². The molecular weight excluding hydrogens is 342 g/mol. The van der Waals surface area contributed by atoms with Crippen LogP contribution in [0.4, 0.5) is 0 Å². The highest BCUT2D eigenvalue weighted by atomic mass is 79.9. The monoisotopic (exact) mass is 361 g/mol. The van der Waals surface area contributed by atoms with Crippen LogP contribution in [0, 0.1) is 0 Å². The van der Waals surface area contributed by atoms with E-state index in [1.165, 1.54) is 0 Å². The normalized spacial score (nSPS) is 19.0. The summed E-state index contributed by atoms with van der Waals surface area (Å²) in [5.74, 6) is 1.27. The molecule has 0 spiro atoms. The zero-order chi connectivity index (χ0) is 14.6. The lowest BCUT2D eigenvalue weighted by Gasteiger charge is -2.18. The highest BCUT2D eigenvalue weighted by molar-refractivity contribution is 9.10. The van der Waals surface area contributed by atoms with E-state index in [0.29, 0.717) is 13.2 Å². The number of hydrogen-bond donors (Lipinski definition) is 1. The number of ether oxygens (including phenoxy) is 1. The first-order valence-electron chi connectivity index (χ1n) is 6.88. The third-order valence-corrected chi connectivity index (χ3v) is 5.69. The fourth-order valence-electron chi connectivity index (χ4n) is 2.29. The molecule has 1 unspecified atom stereocenters. The number of fused-ring (bicyclic) bond motifs is 1. The second kappa shape index (κ2) is 6.91. The van der Waals surface area contributed by atoms with Crippen LogP contribution in [-0.2, 0) is 9.84 Å². The SMILES string of the molecule is CCS(=O)(=O)CCNC1CCCOc2cc(Br)ccc21. The maximum atomic E-state index is 11.5. The molecule has 0 saturated carbocycles. The summed E-state index contributed by atoms with van der Waals surface area (Å²) in [6, 6.07) is 6.16. The zero-order valence-corrected chi connectivity index (χ0v) is 14.0. The first-order valence-corrected chi connectivity index (χ1v) is 9.49. The average Bonchev–Trinajstić information content (AvgIpc) is 2.61. The highest BCUT2D eigenvalue weighted by Gasteiger charge is 2.20. The van der Waals surface area contributed by atoms with Crippen LogP contribution in [0.5, 0.6) is 5.75 Å². The molecule has 0 amide bonds. The Balaban J connectivity index is 2.05. The molecule has 2 rings (SSSR count). The lowest BCUT2D eigenvalue weighted by atomic mass is 10.0. The molecule has 0 aliphatic carbocycles. The van der Waals surface area contributed by atoms with Crippen molar-refractivity contribution in [3.8, 4) is 5.75 Å². The minimum Gasteiger partial charge on any atom is -0.493 e. The van der Waals surface area contributed by atoms with E-state index in [2.05, 4.69) is 21.2 Å². The van der Waals surface area contributed by atoms with Gasteiger partial charge in [-0.2, -0.15) is 0 Å². The van der Waals surface area contributed by atoms with Gasteiger partial charge in [0.2, 0.25) is 0 Å². The first kappa shape index (κ1) is 15.8. The van der Waals surface area contributed by atoms with Crippen molar-refractivity contribution >= 4 is 25.8 Å². The molecule has 1 aliphatic heterocycles. The summed E-state index contributed by atoms with van der Waals surface area (Å²) >= 11 is 3.44. The largest absolute Gasteiger partial charge is 0.493 e. The van der Waals surface area contributed by atoms with Gasteiger partial charge in [-0.15, -0.1) is 0 Å². The number of sulfone groups is 1. The molecular formula is C14H20BrNO3S. The number of halogens is 1. The molecule has 0 saturated heterocycles. The summed E-state index contributed by atoms with van der Waals surface area (Å²) in [7, 11) is -2.91. The van der Waals surface area contributed by atoms with Crippen LogP contribution in [0.2, 0.25) is 0 Å². The molecule has 0 radical (unpaired) electrons. The van der Waals surface area contributed by atoms with Crippen molar-refractivity contribution < 1.29 is 13.2 Å². The summed E-state index contributed by atoms with van der Waals surface area (Å²) in [4.78, 5) is 0. The Morgan fingerprint density at radius 3 is 3.00 bits per heavy atom. The third-order valence-electron chi connectivity index (χ3n) is 3.49. The maximum absolute atomic E-state index is 11.5. The fraction of sp³-hybridized carbons (Fsp3) is 0.571. The van der Waals surface area contributed by atoms with Crippen LogP contribution in [0.25, 0.3) is 0 Å². The topological polar surface area (TPSA) is 55.4 Å². The van der Waals surface area contributed by atoms with Crippen LogP contribution >= 0.6 is 15.9 Å². The van der Waals surface area contributed by atoms with Crippen molar-refractivity contribution in [2.45, 2.75) is 25.8 Å². The molecule has 1 aromatic rings. The lowest BCUT2D eigenvalue weighted by Crippen LogP contribution is -2.27. The molecule has 1 aromatic carbocycles. The molecule has 1 atom stereocenters. The van der Waals surface area contributed by atoms with Gasteiger partial charge in [-0.05, 0) is 25.0 Å². The molecule has 20 heavy (non-hydrogen) atoms. The van der Waals surface area contributed by atoms with Crippen LogP contribution in [0.3, 0.4) is 0 Å². The molecule has 0 aromatic heterocycles. The third kappa shape index (κ3) is 4.20. The second-order valence-corrected chi connectivity index (χ2v) is 8.30. The van der Waals surface area contributed by atoms with Gasteiger partial charge in [0.25, 0.3) is 0 Å². The quantitative estimate of drug-likeness (QED) is 0.875. The van der Waals surface area contributed by atoms with Crippen molar-refractivity contribution in [2.24, 2.45) is 0 Å². The standard InChI is InChI=1S/C14H20BrNO3S/c1-2-20(17,18)9-7-16-13-4-3-8-19-14-10-11(15)5-6-12(13)14/h5-6,10,13,16H,2-4,7-9H2,1H3. The minimum atomic E-state index is -2.91. The van der Waals surface area contributed by atoms with E-state index in [4.69, 9.17) is 4.74 Å². The van der Waals surface area contributed by atoms with Crippen molar-refractivity contribution in [1.29, 1.82) is 0 Å². The summed E-state index contributed by atoms with van der Waals surface area (Å²) in [5.41, 5.74) is 1.11. The second-order valence-electron chi connectivity index (χ2n) is 4.92. The predicted octanol–water partition coefficient (Wildman–Crippen LogP) is 2.69. The fourth-order valence-corrected chi connectivity index (χ4v) is 3.35. The number of nitrogens with one attached hydrogen (secondary N) is 1. The van der Waals surface area contributed by atoms with Crippen LogP contribution in [-0.4, -0.2) is 33.1 Å². The Labute approximate surface area is 129 Å². The van der Waals surface area contributed by atoms with Gasteiger partial charge in [0.15, 0.2) is 9.84 Å². The van der Waals surface area contributed by atoms with Gasteiger partial charge in [-0.1, -0.05) is 28.9 Å². The Morgan fingerprint density at radius 2 is 2.25 bits per heavy atom. The Kier molecular flexibility index (Phi) is 5.46. The summed E-state index contributed by atoms with van der Waals surface area (Å²) in [5, 5.41) is 3.35. The molecule has 1 N–H and O–H groups in total. The van der Waals surface area contributed by atoms with E-state index in [1.807, 2.05) is 18.2 Å². The van der Waals surface area contributed by atoms with Crippen molar-refractivity contribution in [2.75, 3.05) is 24.7 Å². The number of benzene rings is 1. The molecule has 1 aliphatic rings. The molecule has 4 nitrogen and oxygen atoms in total. The zero-order valence-electron chi connectivity index (χ0n) is 11.6. The molecule has 0 fully saturated rings. The van der Waals surface area contributed by atoms with Gasteiger partial charge in [0, 0.05) is 28.4 Å². The number of rotatable bonds is 5. The highest BCUT2D eigenvalue weighted by Crippen LogP contribution is 2.33. The van der Waals surface area contributed by atoms with Gasteiger partial charge < -0.3 is 10.1 Å². The van der Waals surface area contributed by atoms with Crippen molar-refractivity contribution in [1.82, 2.24) is 5.32 Å². The van der Waals surface area contributed by atoms with Gasteiger partial charge in [0.05, 0.1) is 12.4 Å². The van der Waals surface area contributed by atoms with Gasteiger partial charge in [-0.25, -0.2) is 8.42 Å². The van der Waals surface area contributed by atoms with E-state index in [1.54, 1.807) is 6.92 Å². The van der Waals surface area contributed by atoms with E-state index < -0.39 is 9.84 Å². The molecule has 1 heterocycles. The Bertz CT molecular complexity index is 560. The first-order chi connectivity index (χ1) is 9.52. The van der Waals surface area contributed by atoms with Gasteiger partial charge >= 0.3 is 0 Å². The Hall–Kier alpha value is -0.590. The van der Waals surface area contributed by atoms with Crippen LogP contribution in [0.1, 0.15) is 31.4 Å². The van der Waals surface area contributed by atoms with E-state index in [-0.39, 0.29) is 17.5 Å². The summed E-state index contributed by atoms with van der Waals surface area (Å²) in [6.07, 6.45) is 1.92. The van der Waals surface area contributed by atoms with Crippen LogP contribution < -0.4 is 10.1 Å². The number of hydrogen-bond acceptors (Lipinski definition) is 4. The van der Waals surface area contributed by atoms with Gasteiger partial charge in [0.1, 0.15) is 5.75 Å². The van der Waals surface area contributed by atoms with E-state index >= 15 is 0 Å². The lowest BCUT2D eigenvalue weighted by molar-refractivity contribution is 0.315. The van der Waals surface area contributed by atoms with E-state index in [0.717, 1.165) is 28.6 Å². The van der Waals surface area contributed by atoms with Crippen molar-refractivity contribution in [3.05, 3.63) is 28.2 Å². The summed E-state index contributed by atoms with van der Waals surface area (Å²) in [6.45, 7) is 2.87. The smallest absolute Gasteiger partial charge is 0.151 e. The average molecular weight is 362 g/mol. The molecule has 6 heteroatoms. The molecule has 112 valence electrons. The predicted molar refractivity (Wildman–Crippen MR) is 83.9 cm³/mol. The minimum absolute atomic E-state index is 0.160. The maximum Gasteiger partial charge on any atom is 0.151 e. The van der Waals surface area contributed by atoms with Gasteiger partial charge in [-0.3, -0.25) is 0 Å².